The lowest BCUT2D eigenvalue weighted by Gasteiger charge is -2.38. The van der Waals surface area contributed by atoms with Crippen molar-refractivity contribution < 1.29 is 53.8 Å². The van der Waals surface area contributed by atoms with Crippen molar-refractivity contribution in [3.63, 3.8) is 0 Å². The third kappa shape index (κ3) is 8.54. The Labute approximate surface area is 356 Å². The number of phenolic OH excluding ortho intramolecular Hbond substituents is 2. The molecule has 2 aromatic rings. The van der Waals surface area contributed by atoms with Gasteiger partial charge in [0, 0.05) is 93.6 Å². The molecule has 1 unspecified atom stereocenters. The van der Waals surface area contributed by atoms with Crippen molar-refractivity contribution in [3.8, 4) is 17.2 Å². The minimum Gasteiger partial charge on any atom is -0.507 e. The number of aromatic hydroxyl groups is 2. The molecule has 5 N–H and O–H groups in total. The molecule has 2 aromatic carbocycles. The SMILES string of the molecule is CO[C@@H]1/C=C/OC2(C)Oc3c(C)c(O)c4c(O)c(c5c(c4c3C2=O)NC2(CCN(CC(C)C)CC2)N=5)=NC(=O)/C(C)=C\C=C\[C@H](C)[C@H](O)[C@H](C)[C@H](O)[C@H](C)[C@@H](OC(C)=O)[C@H]1C. The molecule has 1 spiro atoms. The molecule has 0 aliphatic carbocycles. The van der Waals surface area contributed by atoms with Gasteiger partial charge in [-0.15, -0.1) is 0 Å². The molecule has 61 heavy (non-hydrogen) atoms. The first-order valence-electron chi connectivity index (χ1n) is 21.2. The zero-order valence-corrected chi connectivity index (χ0v) is 37.1. The van der Waals surface area contributed by atoms with Gasteiger partial charge in [-0.1, -0.05) is 59.8 Å². The molecule has 4 aliphatic rings. The lowest BCUT2D eigenvalue weighted by Crippen LogP contribution is -2.47. The predicted octanol–water partition coefficient (Wildman–Crippen LogP) is 4.75. The van der Waals surface area contributed by atoms with Crippen molar-refractivity contribution >= 4 is 34.1 Å². The van der Waals surface area contributed by atoms with Crippen molar-refractivity contribution in [1.29, 1.82) is 0 Å². The van der Waals surface area contributed by atoms with Gasteiger partial charge in [0.05, 0.1) is 41.2 Å². The van der Waals surface area contributed by atoms with Crippen molar-refractivity contribution in [2.45, 2.75) is 118 Å². The van der Waals surface area contributed by atoms with E-state index in [0.29, 0.717) is 24.4 Å². The molecule has 4 bridgehead atoms. The fourth-order valence-corrected chi connectivity index (χ4v) is 9.24. The number of amides is 1. The second kappa shape index (κ2) is 17.5. The van der Waals surface area contributed by atoms with E-state index < -0.39 is 82.9 Å². The van der Waals surface area contributed by atoms with Crippen LogP contribution in [0.25, 0.3) is 10.8 Å². The summed E-state index contributed by atoms with van der Waals surface area (Å²) < 4.78 is 24.0. The normalized spacial score (nSPS) is 32.7. The summed E-state index contributed by atoms with van der Waals surface area (Å²) in [6, 6.07) is 0. The minimum atomic E-state index is -1.95. The number of ether oxygens (including phenoxy) is 4. The van der Waals surface area contributed by atoms with Crippen molar-refractivity contribution in [2.24, 2.45) is 39.6 Å². The number of hydrogen-bond donors (Lipinski definition) is 5. The van der Waals surface area contributed by atoms with E-state index in [-0.39, 0.29) is 49.7 Å². The lowest BCUT2D eigenvalue weighted by atomic mass is 9.78. The van der Waals surface area contributed by atoms with Gasteiger partial charge in [0.1, 0.15) is 34.0 Å². The molecule has 4 heterocycles. The first-order valence-corrected chi connectivity index (χ1v) is 21.2. The van der Waals surface area contributed by atoms with Gasteiger partial charge in [-0.05, 0) is 25.8 Å². The smallest absolute Gasteiger partial charge is 0.312 e. The number of likely N-dealkylation sites (tertiary alicyclic amines) is 1. The van der Waals surface area contributed by atoms with E-state index in [4.69, 9.17) is 23.9 Å². The molecule has 332 valence electrons. The topological polar surface area (TPSA) is 209 Å². The maximum atomic E-state index is 14.7. The summed E-state index contributed by atoms with van der Waals surface area (Å²) in [6.07, 6.45) is 5.07. The summed E-state index contributed by atoms with van der Waals surface area (Å²) in [7, 11) is 1.47. The Balaban J connectivity index is 1.55. The molecule has 1 amide bonds. The molecule has 1 fully saturated rings. The lowest BCUT2D eigenvalue weighted by molar-refractivity contribution is -0.160. The second-order valence-electron chi connectivity index (χ2n) is 18.0. The second-order valence-corrected chi connectivity index (χ2v) is 18.0. The van der Waals surface area contributed by atoms with Crippen molar-refractivity contribution in [1.82, 2.24) is 4.90 Å². The Bertz CT molecular complexity index is 2300. The summed E-state index contributed by atoms with van der Waals surface area (Å²) in [5.41, 5.74) is -0.111. The number of piperidine rings is 1. The highest BCUT2D eigenvalue weighted by molar-refractivity contribution is 6.21. The van der Waals surface area contributed by atoms with Crippen LogP contribution < -0.4 is 20.8 Å². The number of phenols is 2. The van der Waals surface area contributed by atoms with Crippen LogP contribution in [0.1, 0.15) is 91.1 Å². The summed E-state index contributed by atoms with van der Waals surface area (Å²) in [5.74, 6) is -6.57. The fraction of sp³-hybridized carbons (Fsp3) is 0.587. The summed E-state index contributed by atoms with van der Waals surface area (Å²) in [6.45, 7) is 19.6. The quantitative estimate of drug-likeness (QED) is 0.208. The zero-order valence-electron chi connectivity index (χ0n) is 37.1. The number of esters is 1. The molecular weight excluding hydrogens is 785 g/mol. The van der Waals surface area contributed by atoms with E-state index in [1.165, 1.54) is 27.2 Å². The Morgan fingerprint density at radius 1 is 0.984 bits per heavy atom. The molecule has 15 nitrogen and oxygen atoms in total. The average Bonchev–Trinajstić information content (AvgIpc) is 3.71. The van der Waals surface area contributed by atoms with Gasteiger partial charge in [0.15, 0.2) is 5.75 Å². The number of fused-ring (bicyclic) bond motifs is 1. The average molecular weight is 847 g/mol. The van der Waals surface area contributed by atoms with Gasteiger partial charge in [0.2, 0.25) is 0 Å². The highest BCUT2D eigenvalue weighted by Crippen LogP contribution is 2.51. The molecule has 0 radical (unpaired) electrons. The Hall–Kier alpha value is -4.83. The van der Waals surface area contributed by atoms with E-state index in [0.717, 1.165) is 19.6 Å². The molecule has 9 atom stereocenters. The van der Waals surface area contributed by atoms with Gasteiger partial charge < -0.3 is 49.6 Å². The third-order valence-corrected chi connectivity index (χ3v) is 12.9. The van der Waals surface area contributed by atoms with Crippen LogP contribution in [-0.4, -0.2) is 106 Å². The van der Waals surface area contributed by atoms with Crippen LogP contribution in [0.2, 0.25) is 0 Å². The monoisotopic (exact) mass is 846 g/mol. The van der Waals surface area contributed by atoms with Crippen LogP contribution in [0.15, 0.2) is 46.1 Å². The number of aliphatic hydroxyl groups is 2. The molecular formula is C46H62N4O11. The largest absolute Gasteiger partial charge is 0.507 e. The highest BCUT2D eigenvalue weighted by atomic mass is 16.7. The van der Waals surface area contributed by atoms with E-state index in [1.807, 2.05) is 0 Å². The zero-order chi connectivity index (χ0) is 44.9. The number of anilines is 1. The number of carbonyl (C=O) groups excluding carboxylic acids is 3. The Morgan fingerprint density at radius 2 is 1.66 bits per heavy atom. The minimum absolute atomic E-state index is 0.0538. The van der Waals surface area contributed by atoms with Gasteiger partial charge in [-0.2, -0.15) is 0 Å². The number of allylic oxidation sites excluding steroid dienone is 2. The maximum Gasteiger partial charge on any atom is 0.312 e. The number of hydrogen-bond acceptors (Lipinski definition) is 14. The summed E-state index contributed by atoms with van der Waals surface area (Å²) >= 11 is 0. The Kier molecular flexibility index (Phi) is 13.1. The van der Waals surface area contributed by atoms with E-state index in [2.05, 4.69) is 29.1 Å². The molecule has 6 rings (SSSR count). The van der Waals surface area contributed by atoms with Gasteiger partial charge >= 0.3 is 11.8 Å². The van der Waals surface area contributed by atoms with Gasteiger partial charge in [-0.3, -0.25) is 19.4 Å². The van der Waals surface area contributed by atoms with E-state index >= 15 is 0 Å². The maximum absolute atomic E-state index is 14.7. The molecule has 1 saturated heterocycles. The molecule has 0 saturated carbocycles. The highest BCUT2D eigenvalue weighted by Gasteiger charge is 2.51. The van der Waals surface area contributed by atoms with E-state index in [1.54, 1.807) is 65.8 Å². The third-order valence-electron chi connectivity index (χ3n) is 12.9. The Morgan fingerprint density at radius 3 is 2.28 bits per heavy atom. The number of nitrogens with zero attached hydrogens (tertiary/aromatic N) is 3. The van der Waals surface area contributed by atoms with Crippen LogP contribution in [-0.2, 0) is 23.8 Å². The predicted molar refractivity (Wildman–Crippen MR) is 228 cm³/mol. The number of Topliss-reactive ketones (excluding diaryl/α,β-unsaturated/α-hetero) is 1. The van der Waals surface area contributed by atoms with Crippen LogP contribution in [0.3, 0.4) is 0 Å². The number of benzene rings is 2. The number of aliphatic hydroxyl groups excluding tert-OH is 2. The van der Waals surface area contributed by atoms with Crippen LogP contribution in [0.4, 0.5) is 5.69 Å². The first-order chi connectivity index (χ1) is 28.6. The molecule has 4 aliphatic heterocycles. The van der Waals surface area contributed by atoms with Crippen molar-refractivity contribution in [3.05, 3.63) is 58.0 Å². The number of methoxy groups -OCH3 is 1. The first kappa shape index (κ1) is 45.7. The molecule has 0 aromatic heterocycles. The number of carbonyl (C=O) groups is 3. The summed E-state index contributed by atoms with van der Waals surface area (Å²) in [5, 5.41) is 50.5. The number of nitrogens with one attached hydrogen (secondary N) is 1. The number of ketones is 1. The molecule has 15 heteroatoms. The van der Waals surface area contributed by atoms with Crippen LogP contribution in [0, 0.1) is 36.5 Å². The standard InChI is InChI=1S/C46H62N4O11/c1-22(2)21-50-18-16-46(17-19-50)48-34-31-32-39(54)28(8)42-33(31)43(56)45(10,61-42)59-20-15-30(58-11)25(5)41(60-29(9)51)27(7)38(53)26(6)37(52)23(3)13-12-14-24(4)44(57)47-36(40(32)55)35(34)49-46/h12-15,20,22-23,25-27,30,37-38,41,48,52-55H,16-19,21H2,1-11H3/b13-12+,20-15+,24-14-,47-36?/t23-,25-,26-,27-,30+,37-,38-,41-,45?/m0/s1. The van der Waals surface area contributed by atoms with E-state index in [9.17, 15) is 34.8 Å². The fourth-order valence-electron chi connectivity index (χ4n) is 9.24. The number of rotatable bonds is 4. The van der Waals surface area contributed by atoms with Crippen LogP contribution >= 0.6 is 0 Å². The van der Waals surface area contributed by atoms with Crippen LogP contribution in [0.5, 0.6) is 17.2 Å². The van der Waals surface area contributed by atoms with Gasteiger partial charge in [-0.25, -0.2) is 4.99 Å². The summed E-state index contributed by atoms with van der Waals surface area (Å²) in [4.78, 5) is 52.9. The van der Waals surface area contributed by atoms with Crippen molar-refractivity contribution in [2.75, 3.05) is 32.1 Å². The van der Waals surface area contributed by atoms with Gasteiger partial charge in [0.25, 0.3) is 11.7 Å².